The third-order valence-corrected chi connectivity index (χ3v) is 4.06. The van der Waals surface area contributed by atoms with Gasteiger partial charge in [-0.25, -0.2) is 0 Å². The Bertz CT molecular complexity index is 844. The molecule has 24 heavy (non-hydrogen) atoms. The van der Waals surface area contributed by atoms with Crippen molar-refractivity contribution in [1.29, 1.82) is 0 Å². The van der Waals surface area contributed by atoms with Gasteiger partial charge in [0.25, 0.3) is 5.91 Å². The maximum Gasteiger partial charge on any atom is 0.253 e. The van der Waals surface area contributed by atoms with Gasteiger partial charge in [0.15, 0.2) is 0 Å². The maximum absolute atomic E-state index is 12.5. The minimum absolute atomic E-state index is 0.222. The topological polar surface area (TPSA) is 43.3 Å². The van der Waals surface area contributed by atoms with Crippen LogP contribution < -0.4 is 10.1 Å². The summed E-state index contributed by atoms with van der Waals surface area (Å²) in [5.41, 5.74) is 2.23. The van der Waals surface area contributed by atoms with Gasteiger partial charge in [0.2, 0.25) is 0 Å². The first kappa shape index (κ1) is 16.1. The van der Waals surface area contributed by atoms with E-state index in [0.717, 1.165) is 17.0 Å². The van der Waals surface area contributed by atoms with Crippen molar-refractivity contribution in [2.24, 2.45) is 0 Å². The average Bonchev–Trinajstić information content (AvgIpc) is 3.15. The largest absolute Gasteiger partial charge is 0.496 e. The first-order chi connectivity index (χ1) is 11.7. The lowest BCUT2D eigenvalue weighted by Crippen LogP contribution is -2.23. The van der Waals surface area contributed by atoms with Crippen LogP contribution >= 0.6 is 11.6 Å². The number of hydrogen-bond acceptors (Lipinski definition) is 2. The number of para-hydroxylation sites is 1. The fourth-order valence-electron chi connectivity index (χ4n) is 2.47. The third kappa shape index (κ3) is 3.44. The van der Waals surface area contributed by atoms with Crippen LogP contribution in [0.3, 0.4) is 0 Å². The van der Waals surface area contributed by atoms with Crippen molar-refractivity contribution in [3.63, 3.8) is 0 Å². The second-order valence-electron chi connectivity index (χ2n) is 5.25. The van der Waals surface area contributed by atoms with E-state index in [4.69, 9.17) is 16.3 Å². The van der Waals surface area contributed by atoms with E-state index >= 15 is 0 Å². The molecule has 3 rings (SSSR count). The van der Waals surface area contributed by atoms with E-state index in [-0.39, 0.29) is 5.91 Å². The quantitative estimate of drug-likeness (QED) is 0.760. The number of aromatic nitrogens is 1. The molecule has 0 spiro atoms. The summed E-state index contributed by atoms with van der Waals surface area (Å²) < 4.78 is 7.22. The van der Waals surface area contributed by atoms with Gasteiger partial charge in [-0.1, -0.05) is 29.8 Å². The van der Waals surface area contributed by atoms with Gasteiger partial charge >= 0.3 is 0 Å². The molecule has 1 N–H and O–H groups in total. The first-order valence-electron chi connectivity index (χ1n) is 7.52. The molecule has 0 saturated heterocycles. The average molecular weight is 341 g/mol. The number of benzene rings is 2. The lowest BCUT2D eigenvalue weighted by atomic mass is 10.1. The van der Waals surface area contributed by atoms with Crippen molar-refractivity contribution >= 4 is 17.5 Å². The summed E-state index contributed by atoms with van der Waals surface area (Å²) in [6, 6.07) is 16.8. The Kier molecular flexibility index (Phi) is 4.87. The lowest BCUT2D eigenvalue weighted by molar-refractivity contribution is 0.0951. The molecule has 0 radical (unpaired) electrons. The molecule has 0 bridgehead atoms. The van der Waals surface area contributed by atoms with Crippen LogP contribution in [0, 0.1) is 0 Å². The molecule has 4 nitrogen and oxygen atoms in total. The van der Waals surface area contributed by atoms with Gasteiger partial charge in [0.05, 0.1) is 17.7 Å². The van der Waals surface area contributed by atoms with E-state index in [1.54, 1.807) is 19.2 Å². The van der Waals surface area contributed by atoms with Crippen LogP contribution in [-0.2, 0) is 6.54 Å². The van der Waals surface area contributed by atoms with Gasteiger partial charge in [0, 0.05) is 30.2 Å². The van der Waals surface area contributed by atoms with Crippen molar-refractivity contribution in [3.8, 4) is 11.4 Å². The Balaban J connectivity index is 1.79. The van der Waals surface area contributed by atoms with Crippen molar-refractivity contribution < 1.29 is 9.53 Å². The number of amides is 1. The molecule has 1 aromatic heterocycles. The van der Waals surface area contributed by atoms with Crippen molar-refractivity contribution in [2.45, 2.75) is 6.54 Å². The highest BCUT2D eigenvalue weighted by Crippen LogP contribution is 2.21. The smallest absolute Gasteiger partial charge is 0.253 e. The minimum atomic E-state index is -0.222. The summed E-state index contributed by atoms with van der Waals surface area (Å²) >= 11 is 6.20. The minimum Gasteiger partial charge on any atom is -0.496 e. The van der Waals surface area contributed by atoms with Crippen molar-refractivity contribution in [2.75, 3.05) is 7.11 Å². The molecule has 1 amide bonds. The lowest BCUT2D eigenvalue weighted by Gasteiger charge is -2.11. The number of methoxy groups -OCH3 is 1. The van der Waals surface area contributed by atoms with E-state index in [9.17, 15) is 4.79 Å². The van der Waals surface area contributed by atoms with Gasteiger partial charge in [-0.2, -0.15) is 0 Å². The standard InChI is InChI=1S/C19H17ClN2O2/c1-24-18-7-3-2-6-14(18)13-21-19(23)16-12-15(8-9-17(16)20)22-10-4-5-11-22/h2-12H,13H2,1H3,(H,21,23). The second kappa shape index (κ2) is 7.23. The molecule has 1 heterocycles. The van der Waals surface area contributed by atoms with E-state index < -0.39 is 0 Å². The number of hydrogen-bond donors (Lipinski definition) is 1. The van der Waals surface area contributed by atoms with Gasteiger partial charge in [0.1, 0.15) is 5.75 Å². The van der Waals surface area contributed by atoms with Crippen molar-refractivity contribution in [3.05, 3.63) is 83.1 Å². The third-order valence-electron chi connectivity index (χ3n) is 3.73. The highest BCUT2D eigenvalue weighted by molar-refractivity contribution is 6.33. The SMILES string of the molecule is COc1ccccc1CNC(=O)c1cc(-n2cccc2)ccc1Cl. The number of carbonyl (C=O) groups is 1. The summed E-state index contributed by atoms with van der Waals surface area (Å²) in [4.78, 5) is 12.5. The zero-order chi connectivity index (χ0) is 16.9. The van der Waals surface area contributed by atoms with Crippen LogP contribution in [0.15, 0.2) is 67.0 Å². The fourth-order valence-corrected chi connectivity index (χ4v) is 2.68. The summed E-state index contributed by atoms with van der Waals surface area (Å²) in [5.74, 6) is 0.518. The van der Waals surface area contributed by atoms with Crippen LogP contribution in [0.2, 0.25) is 5.02 Å². The van der Waals surface area contributed by atoms with Gasteiger partial charge in [-0.05, 0) is 36.4 Å². The zero-order valence-corrected chi connectivity index (χ0v) is 14.0. The number of halogens is 1. The van der Waals surface area contributed by atoms with Gasteiger partial charge in [-0.15, -0.1) is 0 Å². The Morgan fingerprint density at radius 1 is 1.12 bits per heavy atom. The van der Waals surface area contributed by atoms with E-state index in [0.29, 0.717) is 17.1 Å². The van der Waals surface area contributed by atoms with Gasteiger partial charge < -0.3 is 14.6 Å². The molecule has 122 valence electrons. The number of ether oxygens (including phenoxy) is 1. The number of carbonyl (C=O) groups excluding carboxylic acids is 1. The van der Waals surface area contributed by atoms with Crippen LogP contribution in [0.4, 0.5) is 0 Å². The highest BCUT2D eigenvalue weighted by Gasteiger charge is 2.12. The molecule has 2 aromatic carbocycles. The Morgan fingerprint density at radius 3 is 2.62 bits per heavy atom. The number of nitrogens with one attached hydrogen (secondary N) is 1. The molecule has 0 atom stereocenters. The van der Waals surface area contributed by atoms with E-state index in [1.165, 1.54) is 0 Å². The number of nitrogens with zero attached hydrogens (tertiary/aromatic N) is 1. The summed E-state index contributed by atoms with van der Waals surface area (Å²) in [7, 11) is 1.61. The Labute approximate surface area is 145 Å². The second-order valence-corrected chi connectivity index (χ2v) is 5.66. The molecule has 0 aliphatic rings. The molecule has 0 saturated carbocycles. The summed E-state index contributed by atoms with van der Waals surface area (Å²) in [6.45, 7) is 0.368. The van der Waals surface area contributed by atoms with Crippen LogP contribution in [0.1, 0.15) is 15.9 Å². The summed E-state index contributed by atoms with van der Waals surface area (Å²) in [6.07, 6.45) is 3.83. The van der Waals surface area contributed by atoms with Gasteiger partial charge in [-0.3, -0.25) is 4.79 Å². The normalized spacial score (nSPS) is 10.4. The zero-order valence-electron chi connectivity index (χ0n) is 13.2. The number of rotatable bonds is 5. The molecule has 5 heteroatoms. The highest BCUT2D eigenvalue weighted by atomic mass is 35.5. The fraction of sp³-hybridized carbons (Fsp3) is 0.105. The van der Waals surface area contributed by atoms with Crippen molar-refractivity contribution in [1.82, 2.24) is 9.88 Å². The predicted molar refractivity (Wildman–Crippen MR) is 94.9 cm³/mol. The molecule has 0 aliphatic heterocycles. The Morgan fingerprint density at radius 2 is 1.88 bits per heavy atom. The molecular weight excluding hydrogens is 324 g/mol. The van der Waals surface area contributed by atoms with Crippen LogP contribution in [0.25, 0.3) is 5.69 Å². The first-order valence-corrected chi connectivity index (χ1v) is 7.90. The van der Waals surface area contributed by atoms with E-state index in [2.05, 4.69) is 5.32 Å². The molecule has 0 unspecified atom stereocenters. The molecule has 3 aromatic rings. The summed E-state index contributed by atoms with van der Waals surface area (Å²) in [5, 5.41) is 3.31. The van der Waals surface area contributed by atoms with Crippen LogP contribution in [-0.4, -0.2) is 17.6 Å². The molecular formula is C19H17ClN2O2. The monoisotopic (exact) mass is 340 g/mol. The molecule has 0 fully saturated rings. The van der Waals surface area contributed by atoms with Crippen LogP contribution in [0.5, 0.6) is 5.75 Å². The maximum atomic E-state index is 12.5. The Hall–Kier alpha value is -2.72. The van der Waals surface area contributed by atoms with E-state index in [1.807, 2.05) is 59.4 Å². The predicted octanol–water partition coefficient (Wildman–Crippen LogP) is 4.07. The molecule has 0 aliphatic carbocycles.